The van der Waals surface area contributed by atoms with Crippen LogP contribution in [-0.2, 0) is 6.54 Å². The van der Waals surface area contributed by atoms with E-state index in [1.54, 1.807) is 25.1 Å². The Morgan fingerprint density at radius 3 is 2.66 bits per heavy atom. The molecule has 168 valence electrons. The van der Waals surface area contributed by atoms with Gasteiger partial charge in [0.2, 0.25) is 0 Å². The average molecular weight is 442 g/mol. The lowest BCUT2D eigenvalue weighted by molar-refractivity contribution is 0.193. The number of carbonyl (C=O) groups excluding carboxylic acids is 1. The molecule has 0 spiro atoms. The lowest BCUT2D eigenvalue weighted by Crippen LogP contribution is -2.51. The van der Waals surface area contributed by atoms with Crippen LogP contribution in [0.3, 0.4) is 0 Å². The van der Waals surface area contributed by atoms with Gasteiger partial charge in [-0.05, 0) is 18.2 Å². The van der Waals surface area contributed by atoms with Crippen LogP contribution in [0.2, 0.25) is 0 Å². The Kier molecular flexibility index (Phi) is 6.25. The minimum Gasteiger partial charge on any atom is -0.496 e. The van der Waals surface area contributed by atoms with E-state index in [-0.39, 0.29) is 18.1 Å². The van der Waals surface area contributed by atoms with Crippen LogP contribution < -0.4 is 15.0 Å². The van der Waals surface area contributed by atoms with E-state index in [1.807, 2.05) is 18.2 Å². The number of nitrogens with one attached hydrogen (secondary N) is 1. The first kappa shape index (κ1) is 21.6. The van der Waals surface area contributed by atoms with Crippen molar-refractivity contribution < 1.29 is 22.7 Å². The van der Waals surface area contributed by atoms with Crippen LogP contribution in [-0.4, -0.2) is 49.2 Å². The predicted molar refractivity (Wildman–Crippen MR) is 116 cm³/mol. The van der Waals surface area contributed by atoms with Gasteiger partial charge in [0.25, 0.3) is 0 Å². The fourth-order valence-electron chi connectivity index (χ4n) is 3.70. The fraction of sp³-hybridized carbons (Fsp3) is 0.304. The van der Waals surface area contributed by atoms with Crippen molar-refractivity contribution in [1.82, 2.24) is 15.2 Å². The van der Waals surface area contributed by atoms with Crippen molar-refractivity contribution >= 4 is 11.7 Å². The molecule has 2 amide bonds. The number of hydrogen-bond acceptors (Lipinski definition) is 5. The van der Waals surface area contributed by atoms with Crippen molar-refractivity contribution in [3.63, 3.8) is 0 Å². The first-order chi connectivity index (χ1) is 15.5. The van der Waals surface area contributed by atoms with E-state index in [2.05, 4.69) is 15.2 Å². The van der Waals surface area contributed by atoms with Crippen molar-refractivity contribution in [3.8, 4) is 17.1 Å². The highest BCUT2D eigenvalue weighted by atomic mass is 19.2. The number of ether oxygens (including phenoxy) is 1. The molecule has 1 aliphatic heterocycles. The number of benzene rings is 2. The lowest BCUT2D eigenvalue weighted by atomic mass is 10.1. The molecule has 0 atom stereocenters. The Labute approximate surface area is 184 Å². The number of carbonyl (C=O) groups is 1. The zero-order valence-electron chi connectivity index (χ0n) is 17.9. The maximum atomic E-state index is 13.8. The molecular formula is C23H24F2N4O3. The molecule has 4 rings (SSSR count). The van der Waals surface area contributed by atoms with Crippen LogP contribution in [0.15, 0.2) is 47.0 Å². The molecule has 0 bridgehead atoms. The highest BCUT2D eigenvalue weighted by molar-refractivity contribution is 5.75. The number of aryl methyl sites for hydroxylation is 1. The number of amides is 2. The molecule has 3 aromatic rings. The number of hydrogen-bond donors (Lipinski definition) is 1. The van der Waals surface area contributed by atoms with Gasteiger partial charge >= 0.3 is 6.03 Å². The van der Waals surface area contributed by atoms with E-state index in [9.17, 15) is 13.6 Å². The van der Waals surface area contributed by atoms with Gasteiger partial charge < -0.3 is 24.3 Å². The summed E-state index contributed by atoms with van der Waals surface area (Å²) in [6.45, 7) is 3.99. The molecule has 2 heterocycles. The normalized spacial score (nSPS) is 13.9. The number of aromatic nitrogens is 1. The van der Waals surface area contributed by atoms with Crippen LogP contribution in [0.5, 0.6) is 5.75 Å². The molecule has 9 heteroatoms. The summed E-state index contributed by atoms with van der Waals surface area (Å²) in [4.78, 5) is 20.4. The number of piperazine rings is 1. The number of methoxy groups -OCH3 is 1. The molecule has 1 N–H and O–H groups in total. The van der Waals surface area contributed by atoms with Crippen molar-refractivity contribution in [3.05, 3.63) is 65.7 Å². The van der Waals surface area contributed by atoms with Crippen LogP contribution in [0.4, 0.5) is 19.3 Å². The number of anilines is 1. The zero-order chi connectivity index (χ0) is 22.7. The molecule has 1 fully saturated rings. The van der Waals surface area contributed by atoms with Crippen LogP contribution >= 0.6 is 0 Å². The summed E-state index contributed by atoms with van der Waals surface area (Å²) in [6, 6.07) is 9.47. The van der Waals surface area contributed by atoms with Gasteiger partial charge in [0, 0.05) is 57.0 Å². The Hall–Kier alpha value is -3.62. The SMILES string of the molecule is COc1cc(N2CCN(C(=O)NCc3cccc(F)c3F)CC2)ccc1-c1cnc(C)o1. The van der Waals surface area contributed by atoms with E-state index < -0.39 is 11.6 Å². The Balaban J connectivity index is 1.36. The first-order valence-corrected chi connectivity index (χ1v) is 10.3. The largest absolute Gasteiger partial charge is 0.496 e. The van der Waals surface area contributed by atoms with Crippen LogP contribution in [0.25, 0.3) is 11.3 Å². The maximum Gasteiger partial charge on any atom is 0.317 e. The van der Waals surface area contributed by atoms with Gasteiger partial charge in [-0.2, -0.15) is 0 Å². The third-order valence-corrected chi connectivity index (χ3v) is 5.47. The minimum absolute atomic E-state index is 0.0671. The third kappa shape index (κ3) is 4.51. The summed E-state index contributed by atoms with van der Waals surface area (Å²) >= 11 is 0. The molecule has 32 heavy (non-hydrogen) atoms. The Morgan fingerprint density at radius 1 is 1.19 bits per heavy atom. The van der Waals surface area contributed by atoms with E-state index in [0.29, 0.717) is 43.6 Å². The summed E-state index contributed by atoms with van der Waals surface area (Å²) in [6.07, 6.45) is 1.67. The highest BCUT2D eigenvalue weighted by Crippen LogP contribution is 2.34. The minimum atomic E-state index is -0.935. The maximum absolute atomic E-state index is 13.8. The van der Waals surface area contributed by atoms with Gasteiger partial charge in [0.1, 0.15) is 5.75 Å². The van der Waals surface area contributed by atoms with Crippen molar-refractivity contribution in [2.45, 2.75) is 13.5 Å². The number of nitrogens with zero attached hydrogens (tertiary/aromatic N) is 3. The molecule has 0 aliphatic carbocycles. The molecule has 1 aliphatic rings. The molecule has 2 aromatic carbocycles. The second-order valence-corrected chi connectivity index (χ2v) is 7.47. The highest BCUT2D eigenvalue weighted by Gasteiger charge is 2.22. The fourth-order valence-corrected chi connectivity index (χ4v) is 3.70. The van der Waals surface area contributed by atoms with Crippen molar-refractivity contribution in [2.24, 2.45) is 0 Å². The zero-order valence-corrected chi connectivity index (χ0v) is 17.9. The number of halogens is 2. The summed E-state index contributed by atoms with van der Waals surface area (Å²) < 4.78 is 38.2. The smallest absolute Gasteiger partial charge is 0.317 e. The van der Waals surface area contributed by atoms with E-state index in [1.165, 1.54) is 12.1 Å². The topological polar surface area (TPSA) is 70.8 Å². The molecule has 0 saturated carbocycles. The van der Waals surface area contributed by atoms with Gasteiger partial charge in [-0.1, -0.05) is 12.1 Å². The summed E-state index contributed by atoms with van der Waals surface area (Å²) in [5.41, 5.74) is 1.91. The van der Waals surface area contributed by atoms with E-state index in [4.69, 9.17) is 9.15 Å². The van der Waals surface area contributed by atoms with Crippen LogP contribution in [0, 0.1) is 18.6 Å². The predicted octanol–water partition coefficient (Wildman–Crippen LogP) is 3.97. The van der Waals surface area contributed by atoms with Gasteiger partial charge in [-0.25, -0.2) is 18.6 Å². The molecule has 1 aromatic heterocycles. The summed E-state index contributed by atoms with van der Waals surface area (Å²) in [7, 11) is 1.61. The quantitative estimate of drug-likeness (QED) is 0.648. The standard InChI is InChI=1S/C23H24F2N4O3/c1-15-26-14-21(32-15)18-7-6-17(12-20(18)31-2)28-8-10-29(11-9-28)23(30)27-13-16-4-3-5-19(24)22(16)25/h3-7,12,14H,8-11,13H2,1-2H3,(H,27,30). The van der Waals surface area contributed by atoms with E-state index >= 15 is 0 Å². The van der Waals surface area contributed by atoms with Gasteiger partial charge in [-0.15, -0.1) is 0 Å². The average Bonchev–Trinajstić information content (AvgIpc) is 3.25. The molecule has 0 radical (unpaired) electrons. The second kappa shape index (κ2) is 9.25. The monoisotopic (exact) mass is 442 g/mol. The molecule has 0 unspecified atom stereocenters. The summed E-state index contributed by atoms with van der Waals surface area (Å²) in [5, 5.41) is 2.66. The van der Waals surface area contributed by atoms with Crippen LogP contribution in [0.1, 0.15) is 11.5 Å². The van der Waals surface area contributed by atoms with Gasteiger partial charge in [-0.3, -0.25) is 0 Å². The molecule has 7 nitrogen and oxygen atoms in total. The van der Waals surface area contributed by atoms with Crippen molar-refractivity contribution in [1.29, 1.82) is 0 Å². The first-order valence-electron chi connectivity index (χ1n) is 10.3. The molecular weight excluding hydrogens is 418 g/mol. The van der Waals surface area contributed by atoms with Gasteiger partial charge in [0.05, 0.1) is 18.9 Å². The number of oxazole rings is 1. The molecule has 1 saturated heterocycles. The number of urea groups is 1. The van der Waals surface area contributed by atoms with Gasteiger partial charge in [0.15, 0.2) is 23.3 Å². The van der Waals surface area contributed by atoms with E-state index in [0.717, 1.165) is 17.3 Å². The Bertz CT molecular complexity index is 1110. The van der Waals surface area contributed by atoms with Crippen molar-refractivity contribution in [2.75, 3.05) is 38.2 Å². The lowest BCUT2D eigenvalue weighted by Gasteiger charge is -2.36. The third-order valence-electron chi connectivity index (χ3n) is 5.47. The summed E-state index contributed by atoms with van der Waals surface area (Å²) in [5.74, 6) is 0.0412. The Morgan fingerprint density at radius 2 is 1.97 bits per heavy atom. The number of rotatable bonds is 5. The second-order valence-electron chi connectivity index (χ2n) is 7.47.